The summed E-state index contributed by atoms with van der Waals surface area (Å²) < 4.78 is 22.4. The fourth-order valence-electron chi connectivity index (χ4n) is 2.59. The van der Waals surface area contributed by atoms with Crippen molar-refractivity contribution in [3.63, 3.8) is 0 Å². The van der Waals surface area contributed by atoms with Crippen molar-refractivity contribution in [2.45, 2.75) is 44.6 Å². The Kier molecular flexibility index (Phi) is 4.03. The highest BCUT2D eigenvalue weighted by Gasteiger charge is 2.22. The number of rotatable bonds is 3. The number of nitrogens with one attached hydrogen (secondary N) is 1. The molecule has 0 amide bonds. The van der Waals surface area contributed by atoms with Gasteiger partial charge in [-0.2, -0.15) is 0 Å². The van der Waals surface area contributed by atoms with Crippen LogP contribution in [0.3, 0.4) is 0 Å². The molecule has 92 valence electrons. The van der Waals surface area contributed by atoms with Gasteiger partial charge in [0.15, 0.2) is 9.84 Å². The first kappa shape index (κ1) is 12.1. The molecule has 0 aromatic carbocycles. The maximum Gasteiger partial charge on any atom is 0.173 e. The lowest BCUT2D eigenvalue weighted by molar-refractivity contribution is 0.417. The summed E-state index contributed by atoms with van der Waals surface area (Å²) in [5.41, 5.74) is 0. The Bertz CT molecular complexity index is 340. The zero-order valence-corrected chi connectivity index (χ0v) is 10.5. The molecule has 1 aliphatic heterocycles. The molecule has 0 bridgehead atoms. The van der Waals surface area contributed by atoms with Crippen LogP contribution in [0.5, 0.6) is 0 Å². The van der Waals surface area contributed by atoms with Crippen molar-refractivity contribution in [1.82, 2.24) is 5.32 Å². The molecule has 0 radical (unpaired) electrons. The lowest BCUT2D eigenvalue weighted by Gasteiger charge is -2.17. The quantitative estimate of drug-likeness (QED) is 0.770. The highest BCUT2D eigenvalue weighted by atomic mass is 32.2. The molecule has 0 aromatic rings. The molecule has 2 aliphatic rings. The van der Waals surface area contributed by atoms with Crippen LogP contribution in [-0.4, -0.2) is 26.8 Å². The smallest absolute Gasteiger partial charge is 0.173 e. The number of sulfone groups is 1. The Labute approximate surface area is 98.2 Å². The Balaban J connectivity index is 1.73. The van der Waals surface area contributed by atoms with Gasteiger partial charge in [0.05, 0.1) is 5.75 Å². The molecule has 3 nitrogen and oxygen atoms in total. The molecule has 2 rings (SSSR count). The molecular weight excluding hydrogens is 222 g/mol. The van der Waals surface area contributed by atoms with Crippen LogP contribution in [0, 0.1) is 5.92 Å². The average Bonchev–Trinajstić information content (AvgIpc) is 2.47. The van der Waals surface area contributed by atoms with E-state index >= 15 is 0 Å². The van der Waals surface area contributed by atoms with E-state index in [2.05, 4.69) is 5.32 Å². The zero-order valence-electron chi connectivity index (χ0n) is 9.69. The largest absolute Gasteiger partial charge is 0.309 e. The third kappa shape index (κ3) is 3.59. The first-order valence-electron chi connectivity index (χ1n) is 6.30. The molecular formula is C12H21NO2S. The maximum atomic E-state index is 11.2. The van der Waals surface area contributed by atoms with Crippen molar-refractivity contribution >= 4 is 9.84 Å². The minimum absolute atomic E-state index is 0.0493. The number of hydrogen-bond acceptors (Lipinski definition) is 3. The van der Waals surface area contributed by atoms with Gasteiger partial charge in [-0.25, -0.2) is 8.42 Å². The Morgan fingerprint density at radius 2 is 1.81 bits per heavy atom. The summed E-state index contributed by atoms with van der Waals surface area (Å²) in [5.74, 6) is 0.999. The Morgan fingerprint density at radius 1 is 1.12 bits per heavy atom. The highest BCUT2D eigenvalue weighted by molar-refractivity contribution is 7.94. The van der Waals surface area contributed by atoms with Crippen LogP contribution in [0.2, 0.25) is 0 Å². The van der Waals surface area contributed by atoms with E-state index in [0.29, 0.717) is 0 Å². The van der Waals surface area contributed by atoms with E-state index in [1.807, 2.05) is 0 Å². The van der Waals surface area contributed by atoms with Gasteiger partial charge in [-0.15, -0.1) is 0 Å². The van der Waals surface area contributed by atoms with E-state index in [4.69, 9.17) is 0 Å². The molecule has 1 unspecified atom stereocenters. The van der Waals surface area contributed by atoms with Crippen molar-refractivity contribution in [2.24, 2.45) is 5.92 Å². The summed E-state index contributed by atoms with van der Waals surface area (Å²) in [4.78, 5) is 0. The predicted molar refractivity (Wildman–Crippen MR) is 65.9 cm³/mol. The first-order valence-corrected chi connectivity index (χ1v) is 8.02. The Morgan fingerprint density at radius 3 is 2.38 bits per heavy atom. The van der Waals surface area contributed by atoms with Crippen molar-refractivity contribution < 1.29 is 8.42 Å². The third-order valence-corrected chi connectivity index (χ3v) is 4.97. The zero-order chi connectivity index (χ0) is 11.4. The van der Waals surface area contributed by atoms with E-state index in [9.17, 15) is 8.42 Å². The minimum atomic E-state index is -2.90. The SMILES string of the molecule is O=S1(=O)C=CC(NCC2CCCCCC2)C1. The van der Waals surface area contributed by atoms with Crippen LogP contribution in [0.4, 0.5) is 0 Å². The average molecular weight is 243 g/mol. The Hall–Kier alpha value is -0.350. The van der Waals surface area contributed by atoms with Crippen molar-refractivity contribution in [1.29, 1.82) is 0 Å². The van der Waals surface area contributed by atoms with Gasteiger partial charge >= 0.3 is 0 Å². The van der Waals surface area contributed by atoms with Gasteiger partial charge in [0.1, 0.15) is 0 Å². The lowest BCUT2D eigenvalue weighted by Crippen LogP contribution is -2.34. The third-order valence-electron chi connectivity index (χ3n) is 3.57. The van der Waals surface area contributed by atoms with E-state index in [-0.39, 0.29) is 11.8 Å². The molecule has 0 spiro atoms. The van der Waals surface area contributed by atoms with Crippen molar-refractivity contribution in [3.8, 4) is 0 Å². The van der Waals surface area contributed by atoms with Crippen molar-refractivity contribution in [3.05, 3.63) is 11.5 Å². The molecule has 4 heteroatoms. The second kappa shape index (κ2) is 5.32. The second-order valence-electron chi connectivity index (χ2n) is 5.03. The summed E-state index contributed by atoms with van der Waals surface area (Å²) in [6.45, 7) is 0.977. The van der Waals surface area contributed by atoms with Crippen LogP contribution >= 0.6 is 0 Å². The summed E-state index contributed by atoms with van der Waals surface area (Å²) in [5, 5.41) is 4.71. The fraction of sp³-hybridized carbons (Fsp3) is 0.833. The monoisotopic (exact) mass is 243 g/mol. The maximum absolute atomic E-state index is 11.2. The van der Waals surface area contributed by atoms with Crippen LogP contribution in [0.15, 0.2) is 11.5 Å². The summed E-state index contributed by atoms with van der Waals surface area (Å²) in [7, 11) is -2.90. The van der Waals surface area contributed by atoms with E-state index in [1.165, 1.54) is 43.9 Å². The lowest BCUT2D eigenvalue weighted by atomic mass is 10.0. The van der Waals surface area contributed by atoms with E-state index in [0.717, 1.165) is 12.5 Å². The van der Waals surface area contributed by atoms with Crippen LogP contribution in [0.1, 0.15) is 38.5 Å². The summed E-state index contributed by atoms with van der Waals surface area (Å²) in [6.07, 6.45) is 9.80. The minimum Gasteiger partial charge on any atom is -0.309 e. The van der Waals surface area contributed by atoms with Crippen LogP contribution < -0.4 is 5.32 Å². The van der Waals surface area contributed by atoms with Gasteiger partial charge in [0, 0.05) is 11.4 Å². The van der Waals surface area contributed by atoms with Gasteiger partial charge in [0.25, 0.3) is 0 Å². The van der Waals surface area contributed by atoms with Gasteiger partial charge in [-0.1, -0.05) is 31.8 Å². The van der Waals surface area contributed by atoms with Gasteiger partial charge in [-0.3, -0.25) is 0 Å². The van der Waals surface area contributed by atoms with E-state index in [1.54, 1.807) is 6.08 Å². The molecule has 1 N–H and O–H groups in total. The number of hydrogen-bond donors (Lipinski definition) is 1. The molecule has 1 fully saturated rings. The fourth-order valence-corrected chi connectivity index (χ4v) is 3.86. The van der Waals surface area contributed by atoms with Gasteiger partial charge in [-0.05, 0) is 25.3 Å². The molecule has 1 heterocycles. The summed E-state index contributed by atoms with van der Waals surface area (Å²) in [6, 6.07) is 0.0493. The molecule has 0 saturated heterocycles. The van der Waals surface area contributed by atoms with Crippen LogP contribution in [-0.2, 0) is 9.84 Å². The predicted octanol–water partition coefficient (Wildman–Crippen LogP) is 1.86. The molecule has 1 aliphatic carbocycles. The van der Waals surface area contributed by atoms with Crippen molar-refractivity contribution in [2.75, 3.05) is 12.3 Å². The summed E-state index contributed by atoms with van der Waals surface area (Å²) >= 11 is 0. The van der Waals surface area contributed by atoms with Gasteiger partial charge < -0.3 is 5.32 Å². The van der Waals surface area contributed by atoms with Gasteiger partial charge in [0.2, 0.25) is 0 Å². The normalized spacial score (nSPS) is 30.4. The van der Waals surface area contributed by atoms with Crippen LogP contribution in [0.25, 0.3) is 0 Å². The standard InChI is InChI=1S/C12H21NO2S/c14-16(15)8-7-12(10-16)13-9-11-5-3-1-2-4-6-11/h7-8,11-13H,1-6,9-10H2. The molecule has 1 atom stereocenters. The molecule has 0 aromatic heterocycles. The highest BCUT2D eigenvalue weighted by Crippen LogP contribution is 2.22. The second-order valence-corrected chi connectivity index (χ2v) is 6.96. The van der Waals surface area contributed by atoms with E-state index < -0.39 is 9.84 Å². The molecule has 1 saturated carbocycles. The first-order chi connectivity index (χ1) is 7.66. The topological polar surface area (TPSA) is 46.2 Å². The molecule has 16 heavy (non-hydrogen) atoms.